The summed E-state index contributed by atoms with van der Waals surface area (Å²) in [6.45, 7) is 7.50. The van der Waals surface area contributed by atoms with Gasteiger partial charge in [-0.1, -0.05) is 20.8 Å². The Kier molecular flexibility index (Phi) is 4.11. The molecule has 2 nitrogen and oxygen atoms in total. The number of ketones is 1. The van der Waals surface area contributed by atoms with E-state index in [1.165, 1.54) is 0 Å². The first-order valence-electron chi connectivity index (χ1n) is 5.61. The predicted octanol–water partition coefficient (Wildman–Crippen LogP) is 2.95. The first kappa shape index (κ1) is 11.7. The van der Waals surface area contributed by atoms with Crippen LogP contribution in [0.15, 0.2) is 0 Å². The molecular formula is C12H22O2. The topological polar surface area (TPSA) is 26.3 Å². The van der Waals surface area contributed by atoms with Crippen LogP contribution in [0, 0.1) is 5.41 Å². The van der Waals surface area contributed by atoms with Gasteiger partial charge in [-0.2, -0.15) is 0 Å². The van der Waals surface area contributed by atoms with E-state index in [0.717, 1.165) is 38.7 Å². The Bertz CT molecular complexity index is 181. The zero-order valence-corrected chi connectivity index (χ0v) is 9.64. The Balaban J connectivity index is 2.10. The molecule has 2 heteroatoms. The molecule has 1 saturated carbocycles. The van der Waals surface area contributed by atoms with Crippen molar-refractivity contribution in [2.75, 3.05) is 6.61 Å². The van der Waals surface area contributed by atoms with Crippen molar-refractivity contribution in [3.05, 3.63) is 0 Å². The molecule has 82 valence electrons. The Morgan fingerprint density at radius 3 is 2.36 bits per heavy atom. The summed E-state index contributed by atoms with van der Waals surface area (Å²) in [6, 6.07) is 0. The lowest BCUT2D eigenvalue weighted by atomic mass is 9.92. The summed E-state index contributed by atoms with van der Waals surface area (Å²) in [6.07, 6.45) is 4.75. The van der Waals surface area contributed by atoms with Gasteiger partial charge in [0.15, 0.2) is 0 Å². The maximum atomic E-state index is 11.0. The fraction of sp³-hybridized carbons (Fsp3) is 0.917. The van der Waals surface area contributed by atoms with Crippen LogP contribution in [-0.4, -0.2) is 18.5 Å². The van der Waals surface area contributed by atoms with E-state index in [1.807, 2.05) is 0 Å². The maximum Gasteiger partial charge on any atom is 0.133 e. The summed E-state index contributed by atoms with van der Waals surface area (Å²) in [5.74, 6) is 0.403. The monoisotopic (exact) mass is 198 g/mol. The Morgan fingerprint density at radius 1 is 1.29 bits per heavy atom. The van der Waals surface area contributed by atoms with Crippen molar-refractivity contribution >= 4 is 5.78 Å². The Labute approximate surface area is 87.0 Å². The van der Waals surface area contributed by atoms with Crippen LogP contribution < -0.4 is 0 Å². The first-order chi connectivity index (χ1) is 6.47. The van der Waals surface area contributed by atoms with Crippen molar-refractivity contribution in [3.8, 4) is 0 Å². The van der Waals surface area contributed by atoms with E-state index in [4.69, 9.17) is 4.74 Å². The first-order valence-corrected chi connectivity index (χ1v) is 5.61. The summed E-state index contributed by atoms with van der Waals surface area (Å²) in [7, 11) is 0. The maximum absolute atomic E-state index is 11.0. The quantitative estimate of drug-likeness (QED) is 0.697. The Hall–Kier alpha value is -0.370. The highest BCUT2D eigenvalue weighted by Crippen LogP contribution is 2.21. The van der Waals surface area contributed by atoms with Gasteiger partial charge in [0.05, 0.1) is 6.10 Å². The molecule has 0 aromatic rings. The van der Waals surface area contributed by atoms with Gasteiger partial charge < -0.3 is 4.74 Å². The van der Waals surface area contributed by atoms with E-state index < -0.39 is 0 Å². The van der Waals surface area contributed by atoms with Gasteiger partial charge in [0.2, 0.25) is 0 Å². The van der Waals surface area contributed by atoms with Crippen molar-refractivity contribution in [1.82, 2.24) is 0 Å². The largest absolute Gasteiger partial charge is 0.378 e. The third kappa shape index (κ3) is 4.75. The number of rotatable bonds is 3. The standard InChI is InChI=1S/C12H22O2/c1-12(2,3)8-9-14-11-6-4-10(13)5-7-11/h11H,4-9H2,1-3H3. The Morgan fingerprint density at radius 2 is 1.86 bits per heavy atom. The van der Waals surface area contributed by atoms with Crippen LogP contribution in [0.5, 0.6) is 0 Å². The molecule has 0 bridgehead atoms. The van der Waals surface area contributed by atoms with Crippen LogP contribution in [0.3, 0.4) is 0 Å². The van der Waals surface area contributed by atoms with Crippen LogP contribution in [-0.2, 0) is 9.53 Å². The van der Waals surface area contributed by atoms with Crippen LogP contribution in [0.25, 0.3) is 0 Å². The smallest absolute Gasteiger partial charge is 0.133 e. The highest BCUT2D eigenvalue weighted by Gasteiger charge is 2.19. The van der Waals surface area contributed by atoms with Gasteiger partial charge in [-0.25, -0.2) is 0 Å². The third-order valence-electron chi connectivity index (χ3n) is 2.70. The van der Waals surface area contributed by atoms with Crippen molar-refractivity contribution in [3.63, 3.8) is 0 Å². The van der Waals surface area contributed by atoms with Gasteiger partial charge in [0.25, 0.3) is 0 Å². The summed E-state index contributed by atoms with van der Waals surface area (Å²) >= 11 is 0. The van der Waals surface area contributed by atoms with Crippen LogP contribution in [0.2, 0.25) is 0 Å². The number of carbonyl (C=O) groups is 1. The van der Waals surface area contributed by atoms with E-state index in [0.29, 0.717) is 17.3 Å². The molecule has 0 atom stereocenters. The summed E-state index contributed by atoms with van der Waals surface area (Å²) in [5, 5.41) is 0. The van der Waals surface area contributed by atoms with E-state index in [1.54, 1.807) is 0 Å². The van der Waals surface area contributed by atoms with Crippen LogP contribution >= 0.6 is 0 Å². The summed E-state index contributed by atoms with van der Waals surface area (Å²) < 4.78 is 5.76. The lowest BCUT2D eigenvalue weighted by Gasteiger charge is -2.24. The third-order valence-corrected chi connectivity index (χ3v) is 2.70. The molecule has 0 amide bonds. The van der Waals surface area contributed by atoms with E-state index in [2.05, 4.69) is 20.8 Å². The van der Waals surface area contributed by atoms with Gasteiger partial charge in [0, 0.05) is 19.4 Å². The van der Waals surface area contributed by atoms with Gasteiger partial charge >= 0.3 is 0 Å². The number of carbonyl (C=O) groups excluding carboxylic acids is 1. The molecule has 1 fully saturated rings. The van der Waals surface area contributed by atoms with Crippen LogP contribution in [0.1, 0.15) is 52.9 Å². The molecule has 1 aliphatic rings. The van der Waals surface area contributed by atoms with Crippen LogP contribution in [0.4, 0.5) is 0 Å². The SMILES string of the molecule is CC(C)(C)CCOC1CCC(=O)CC1. The molecule has 1 aliphatic carbocycles. The lowest BCUT2D eigenvalue weighted by molar-refractivity contribution is -0.123. The minimum atomic E-state index is 0.343. The van der Waals surface area contributed by atoms with Crippen molar-refractivity contribution < 1.29 is 9.53 Å². The predicted molar refractivity (Wildman–Crippen MR) is 57.3 cm³/mol. The second-order valence-electron chi connectivity index (χ2n) is 5.42. The molecule has 0 saturated heterocycles. The van der Waals surface area contributed by atoms with Gasteiger partial charge in [-0.3, -0.25) is 4.79 Å². The minimum absolute atomic E-state index is 0.343. The number of hydrogen-bond donors (Lipinski definition) is 0. The molecule has 0 aliphatic heterocycles. The summed E-state index contributed by atoms with van der Waals surface area (Å²) in [5.41, 5.74) is 0.352. The fourth-order valence-corrected chi connectivity index (χ4v) is 1.61. The lowest BCUT2D eigenvalue weighted by Crippen LogP contribution is -2.23. The average molecular weight is 198 g/mol. The number of hydrogen-bond acceptors (Lipinski definition) is 2. The van der Waals surface area contributed by atoms with Gasteiger partial charge in [-0.05, 0) is 24.7 Å². The molecule has 14 heavy (non-hydrogen) atoms. The fourth-order valence-electron chi connectivity index (χ4n) is 1.61. The molecule has 0 aromatic heterocycles. The highest BCUT2D eigenvalue weighted by molar-refractivity contribution is 5.79. The van der Waals surface area contributed by atoms with Crippen molar-refractivity contribution in [2.45, 2.75) is 59.0 Å². The molecular weight excluding hydrogens is 176 g/mol. The molecule has 0 aromatic carbocycles. The molecule has 0 radical (unpaired) electrons. The summed E-state index contributed by atoms with van der Waals surface area (Å²) in [4.78, 5) is 11.0. The molecule has 0 N–H and O–H groups in total. The van der Waals surface area contributed by atoms with E-state index in [9.17, 15) is 4.79 Å². The van der Waals surface area contributed by atoms with Gasteiger partial charge in [0.1, 0.15) is 5.78 Å². The minimum Gasteiger partial charge on any atom is -0.378 e. The zero-order valence-electron chi connectivity index (χ0n) is 9.64. The van der Waals surface area contributed by atoms with E-state index in [-0.39, 0.29) is 0 Å². The second kappa shape index (κ2) is 4.92. The second-order valence-corrected chi connectivity index (χ2v) is 5.42. The normalized spacial score (nSPS) is 20.1. The van der Waals surface area contributed by atoms with E-state index >= 15 is 0 Å². The van der Waals surface area contributed by atoms with Crippen molar-refractivity contribution in [1.29, 1.82) is 0 Å². The average Bonchev–Trinajstić information content (AvgIpc) is 2.06. The van der Waals surface area contributed by atoms with Gasteiger partial charge in [-0.15, -0.1) is 0 Å². The highest BCUT2D eigenvalue weighted by atomic mass is 16.5. The molecule has 0 spiro atoms. The molecule has 0 heterocycles. The van der Waals surface area contributed by atoms with Crippen molar-refractivity contribution in [2.24, 2.45) is 5.41 Å². The zero-order chi connectivity index (χ0) is 10.6. The molecule has 0 unspecified atom stereocenters. The molecule has 1 rings (SSSR count). The number of ether oxygens (including phenoxy) is 1. The number of Topliss-reactive ketones (excluding diaryl/α,β-unsaturated/α-hetero) is 1.